The van der Waals surface area contributed by atoms with Crippen LogP contribution >= 0.6 is 0 Å². The second kappa shape index (κ2) is 7.01. The number of hydrogen-bond donors (Lipinski definition) is 0. The van der Waals surface area contributed by atoms with Crippen LogP contribution in [-0.2, 0) is 4.74 Å². The Morgan fingerprint density at radius 1 is 1.28 bits per heavy atom. The molecule has 0 N–H and O–H groups in total. The molecule has 1 saturated heterocycles. The first-order chi connectivity index (χ1) is 8.44. The molecule has 1 unspecified atom stereocenters. The smallest absolute Gasteiger partial charge is 0.410 e. The Kier molecular flexibility index (Phi) is 5.97. The fourth-order valence-corrected chi connectivity index (χ4v) is 2.49. The number of piperidine rings is 1. The van der Waals surface area contributed by atoms with E-state index in [1.54, 1.807) is 0 Å². The highest BCUT2D eigenvalue weighted by molar-refractivity contribution is 5.68. The molecule has 0 aromatic rings. The summed E-state index contributed by atoms with van der Waals surface area (Å²) in [6, 6.07) is 0.403. The zero-order valence-corrected chi connectivity index (χ0v) is 12.5. The van der Waals surface area contributed by atoms with Crippen LogP contribution in [0.4, 0.5) is 4.79 Å². The number of carbonyl (C=O) groups excluding carboxylic acids is 1. The SMILES string of the molecule is CCCCCC1CCCCN1C(=O)OC(C)(C)C. The molecule has 0 saturated carbocycles. The molecule has 0 aliphatic carbocycles. The molecule has 3 heteroatoms. The topological polar surface area (TPSA) is 29.5 Å². The maximum Gasteiger partial charge on any atom is 0.410 e. The first kappa shape index (κ1) is 15.3. The van der Waals surface area contributed by atoms with E-state index in [1.165, 1.54) is 25.7 Å². The summed E-state index contributed by atoms with van der Waals surface area (Å²) in [7, 11) is 0. The average molecular weight is 255 g/mol. The van der Waals surface area contributed by atoms with Crippen molar-refractivity contribution in [3.63, 3.8) is 0 Å². The van der Waals surface area contributed by atoms with E-state index in [9.17, 15) is 4.79 Å². The van der Waals surface area contributed by atoms with Crippen molar-refractivity contribution < 1.29 is 9.53 Å². The van der Waals surface area contributed by atoms with Gasteiger partial charge in [-0.05, 0) is 46.5 Å². The number of amides is 1. The molecular formula is C15H29NO2. The number of unbranched alkanes of at least 4 members (excludes halogenated alkanes) is 2. The van der Waals surface area contributed by atoms with Crippen LogP contribution in [0.25, 0.3) is 0 Å². The van der Waals surface area contributed by atoms with E-state index in [1.807, 2.05) is 25.7 Å². The summed E-state index contributed by atoms with van der Waals surface area (Å²) >= 11 is 0. The maximum atomic E-state index is 12.2. The third-order valence-corrected chi connectivity index (χ3v) is 3.40. The van der Waals surface area contributed by atoms with E-state index in [-0.39, 0.29) is 11.7 Å². The van der Waals surface area contributed by atoms with Gasteiger partial charge in [-0.2, -0.15) is 0 Å². The van der Waals surface area contributed by atoms with E-state index in [2.05, 4.69) is 6.92 Å². The van der Waals surface area contributed by atoms with E-state index in [0.717, 1.165) is 25.8 Å². The summed E-state index contributed by atoms with van der Waals surface area (Å²) in [6.07, 6.45) is 8.23. The third kappa shape index (κ3) is 5.28. The lowest BCUT2D eigenvalue weighted by molar-refractivity contribution is 0.00859. The highest BCUT2D eigenvalue weighted by Crippen LogP contribution is 2.24. The van der Waals surface area contributed by atoms with E-state index in [0.29, 0.717) is 6.04 Å². The molecular weight excluding hydrogens is 226 g/mol. The Morgan fingerprint density at radius 2 is 2.00 bits per heavy atom. The van der Waals surface area contributed by atoms with E-state index in [4.69, 9.17) is 4.74 Å². The van der Waals surface area contributed by atoms with Crippen molar-refractivity contribution in [1.82, 2.24) is 4.90 Å². The quantitative estimate of drug-likeness (QED) is 0.699. The number of hydrogen-bond acceptors (Lipinski definition) is 2. The van der Waals surface area contributed by atoms with Crippen LogP contribution in [0.2, 0.25) is 0 Å². The van der Waals surface area contributed by atoms with Crippen LogP contribution in [-0.4, -0.2) is 29.2 Å². The summed E-state index contributed by atoms with van der Waals surface area (Å²) in [6.45, 7) is 8.88. The molecule has 1 aliphatic rings. The van der Waals surface area contributed by atoms with Crippen molar-refractivity contribution in [2.75, 3.05) is 6.54 Å². The minimum Gasteiger partial charge on any atom is -0.444 e. The lowest BCUT2D eigenvalue weighted by atomic mass is 9.97. The van der Waals surface area contributed by atoms with Crippen molar-refractivity contribution in [3.8, 4) is 0 Å². The van der Waals surface area contributed by atoms with Gasteiger partial charge in [-0.1, -0.05) is 26.2 Å². The van der Waals surface area contributed by atoms with Crippen LogP contribution in [0.15, 0.2) is 0 Å². The zero-order valence-electron chi connectivity index (χ0n) is 12.5. The van der Waals surface area contributed by atoms with E-state index < -0.39 is 0 Å². The van der Waals surface area contributed by atoms with Crippen molar-refractivity contribution in [3.05, 3.63) is 0 Å². The predicted octanol–water partition coefficient (Wildman–Crippen LogP) is 4.36. The number of likely N-dealkylation sites (tertiary alicyclic amines) is 1. The normalized spacial score (nSPS) is 20.9. The first-order valence-corrected chi connectivity index (χ1v) is 7.43. The molecule has 1 heterocycles. The minimum atomic E-state index is -0.386. The molecule has 0 spiro atoms. The number of carbonyl (C=O) groups is 1. The molecule has 1 aliphatic heterocycles. The van der Waals surface area contributed by atoms with Gasteiger partial charge in [0.05, 0.1) is 0 Å². The fraction of sp³-hybridized carbons (Fsp3) is 0.933. The van der Waals surface area contributed by atoms with Crippen LogP contribution in [0, 0.1) is 0 Å². The number of ether oxygens (including phenoxy) is 1. The predicted molar refractivity (Wildman–Crippen MR) is 74.7 cm³/mol. The van der Waals surface area contributed by atoms with E-state index >= 15 is 0 Å². The minimum absolute atomic E-state index is 0.122. The van der Waals surface area contributed by atoms with Gasteiger partial charge in [0, 0.05) is 12.6 Å². The van der Waals surface area contributed by atoms with Crippen LogP contribution in [0.3, 0.4) is 0 Å². The van der Waals surface area contributed by atoms with Gasteiger partial charge in [0.15, 0.2) is 0 Å². The molecule has 1 rings (SSSR count). The Labute approximate surface area is 112 Å². The summed E-state index contributed by atoms with van der Waals surface area (Å²) in [4.78, 5) is 14.1. The van der Waals surface area contributed by atoms with Crippen molar-refractivity contribution in [1.29, 1.82) is 0 Å². The number of nitrogens with zero attached hydrogens (tertiary/aromatic N) is 1. The Hall–Kier alpha value is -0.730. The van der Waals surface area contributed by atoms with Crippen molar-refractivity contribution >= 4 is 6.09 Å². The molecule has 0 aromatic heterocycles. The molecule has 1 atom stereocenters. The average Bonchev–Trinajstić information content (AvgIpc) is 2.27. The van der Waals surface area contributed by atoms with Crippen LogP contribution < -0.4 is 0 Å². The monoisotopic (exact) mass is 255 g/mol. The lowest BCUT2D eigenvalue weighted by Crippen LogP contribution is -2.46. The van der Waals surface area contributed by atoms with Crippen LogP contribution in [0.1, 0.15) is 72.6 Å². The highest BCUT2D eigenvalue weighted by Gasteiger charge is 2.29. The Bertz CT molecular complexity index is 258. The van der Waals surface area contributed by atoms with Gasteiger partial charge in [-0.3, -0.25) is 0 Å². The lowest BCUT2D eigenvalue weighted by Gasteiger charge is -2.36. The van der Waals surface area contributed by atoms with Gasteiger partial charge in [-0.15, -0.1) is 0 Å². The second-order valence-electron chi connectivity index (χ2n) is 6.32. The van der Waals surface area contributed by atoms with Gasteiger partial charge in [0.1, 0.15) is 5.60 Å². The Morgan fingerprint density at radius 3 is 2.61 bits per heavy atom. The number of rotatable bonds is 4. The van der Waals surface area contributed by atoms with Gasteiger partial charge >= 0.3 is 6.09 Å². The first-order valence-electron chi connectivity index (χ1n) is 7.43. The molecule has 1 amide bonds. The zero-order chi connectivity index (χ0) is 13.6. The standard InChI is InChI=1S/C15H29NO2/c1-5-6-7-10-13-11-8-9-12-16(13)14(17)18-15(2,3)4/h13H,5-12H2,1-4H3. The second-order valence-corrected chi connectivity index (χ2v) is 6.32. The van der Waals surface area contributed by atoms with Crippen molar-refractivity contribution in [2.45, 2.75) is 84.3 Å². The maximum absolute atomic E-state index is 12.2. The van der Waals surface area contributed by atoms with Gasteiger partial charge < -0.3 is 9.64 Å². The van der Waals surface area contributed by atoms with Gasteiger partial charge in [0.2, 0.25) is 0 Å². The molecule has 0 radical (unpaired) electrons. The summed E-state index contributed by atoms with van der Waals surface area (Å²) < 4.78 is 5.50. The molecule has 0 bridgehead atoms. The molecule has 1 fully saturated rings. The third-order valence-electron chi connectivity index (χ3n) is 3.40. The Balaban J connectivity index is 2.50. The molecule has 3 nitrogen and oxygen atoms in total. The molecule has 0 aromatic carbocycles. The summed E-state index contributed by atoms with van der Waals surface area (Å²) in [5, 5.41) is 0. The summed E-state index contributed by atoms with van der Waals surface area (Å²) in [5.74, 6) is 0. The highest BCUT2D eigenvalue weighted by atomic mass is 16.6. The molecule has 106 valence electrons. The fourth-order valence-electron chi connectivity index (χ4n) is 2.49. The largest absolute Gasteiger partial charge is 0.444 e. The van der Waals surface area contributed by atoms with Gasteiger partial charge in [-0.25, -0.2) is 4.79 Å². The molecule has 18 heavy (non-hydrogen) atoms. The van der Waals surface area contributed by atoms with Crippen LogP contribution in [0.5, 0.6) is 0 Å². The van der Waals surface area contributed by atoms with Crippen molar-refractivity contribution in [2.24, 2.45) is 0 Å². The van der Waals surface area contributed by atoms with Gasteiger partial charge in [0.25, 0.3) is 0 Å². The summed E-state index contributed by atoms with van der Waals surface area (Å²) in [5.41, 5.74) is -0.386.